The Hall–Kier alpha value is -2.60. The van der Waals surface area contributed by atoms with Crippen molar-refractivity contribution < 1.29 is 9.59 Å². The number of hydrazone groups is 1. The first kappa shape index (κ1) is 16.3. The van der Waals surface area contributed by atoms with Gasteiger partial charge in [-0.05, 0) is 23.3 Å². The molecule has 0 saturated heterocycles. The third kappa shape index (κ3) is 4.02. The van der Waals surface area contributed by atoms with Gasteiger partial charge >= 0.3 is 5.24 Å². The third-order valence-electron chi connectivity index (χ3n) is 3.50. The highest BCUT2D eigenvalue weighted by molar-refractivity contribution is 8.14. The largest absolute Gasteiger partial charge is 0.326 e. The van der Waals surface area contributed by atoms with Gasteiger partial charge in [0, 0.05) is 18.4 Å². The molecule has 0 fully saturated rings. The zero-order valence-electron chi connectivity index (χ0n) is 13.2. The van der Waals surface area contributed by atoms with Crippen molar-refractivity contribution in [3.8, 4) is 0 Å². The van der Waals surface area contributed by atoms with E-state index >= 15 is 0 Å². The van der Waals surface area contributed by atoms with E-state index in [9.17, 15) is 9.59 Å². The van der Waals surface area contributed by atoms with Crippen LogP contribution in [-0.4, -0.2) is 27.6 Å². The Balaban J connectivity index is 1.78. The fourth-order valence-corrected chi connectivity index (χ4v) is 3.11. The second kappa shape index (κ2) is 7.31. The van der Waals surface area contributed by atoms with E-state index in [2.05, 4.69) is 10.4 Å². The van der Waals surface area contributed by atoms with Gasteiger partial charge in [-0.3, -0.25) is 9.59 Å². The van der Waals surface area contributed by atoms with E-state index in [0.717, 1.165) is 22.5 Å². The first-order valence-corrected chi connectivity index (χ1v) is 8.54. The van der Waals surface area contributed by atoms with E-state index in [-0.39, 0.29) is 11.1 Å². The highest BCUT2D eigenvalue weighted by atomic mass is 32.2. The van der Waals surface area contributed by atoms with Crippen molar-refractivity contribution in [2.24, 2.45) is 5.10 Å². The van der Waals surface area contributed by atoms with Crippen LogP contribution in [0.5, 0.6) is 0 Å². The third-order valence-corrected chi connectivity index (χ3v) is 4.37. The molecule has 0 bridgehead atoms. The van der Waals surface area contributed by atoms with Crippen molar-refractivity contribution in [2.75, 3.05) is 11.1 Å². The van der Waals surface area contributed by atoms with Crippen molar-refractivity contribution in [1.29, 1.82) is 0 Å². The molecule has 0 aromatic heterocycles. The van der Waals surface area contributed by atoms with Gasteiger partial charge in [0.2, 0.25) is 5.91 Å². The lowest BCUT2D eigenvalue weighted by Crippen LogP contribution is -2.29. The Morgan fingerprint density at radius 3 is 2.54 bits per heavy atom. The highest BCUT2D eigenvalue weighted by Gasteiger charge is 2.22. The number of hydrogen-bond acceptors (Lipinski definition) is 4. The van der Waals surface area contributed by atoms with Crippen LogP contribution >= 0.6 is 11.8 Å². The summed E-state index contributed by atoms with van der Waals surface area (Å²) in [6.07, 6.45) is 0. The molecule has 1 aliphatic rings. The lowest BCUT2D eigenvalue weighted by molar-refractivity contribution is -0.114. The number of carbonyl (C=O) groups is 2. The van der Waals surface area contributed by atoms with Crippen molar-refractivity contribution in [3.63, 3.8) is 0 Å². The molecule has 2 aromatic carbocycles. The van der Waals surface area contributed by atoms with Crippen molar-refractivity contribution in [1.82, 2.24) is 5.01 Å². The summed E-state index contributed by atoms with van der Waals surface area (Å²) in [6, 6.07) is 17.3. The van der Waals surface area contributed by atoms with Gasteiger partial charge in [-0.25, -0.2) is 5.01 Å². The lowest BCUT2D eigenvalue weighted by atomic mass is 10.1. The molecule has 1 heterocycles. The molecule has 0 saturated carbocycles. The monoisotopic (exact) mass is 339 g/mol. The highest BCUT2D eigenvalue weighted by Crippen LogP contribution is 2.22. The Morgan fingerprint density at radius 1 is 1.17 bits per heavy atom. The van der Waals surface area contributed by atoms with Crippen LogP contribution in [0, 0.1) is 0 Å². The first-order valence-electron chi connectivity index (χ1n) is 7.55. The molecule has 0 atom stereocenters. The van der Waals surface area contributed by atoms with Crippen LogP contribution in [0.4, 0.5) is 10.5 Å². The lowest BCUT2D eigenvalue weighted by Gasteiger charge is -2.23. The van der Waals surface area contributed by atoms with Gasteiger partial charge in [0.05, 0.1) is 12.3 Å². The zero-order valence-corrected chi connectivity index (χ0v) is 14.0. The van der Waals surface area contributed by atoms with E-state index in [4.69, 9.17) is 0 Å². The average Bonchev–Trinajstić information content (AvgIpc) is 2.58. The molecule has 2 aromatic rings. The van der Waals surface area contributed by atoms with Crippen LogP contribution in [-0.2, 0) is 11.3 Å². The van der Waals surface area contributed by atoms with Gasteiger partial charge in [0.25, 0.3) is 0 Å². The summed E-state index contributed by atoms with van der Waals surface area (Å²) in [6.45, 7) is 1.93. The SMILES string of the molecule is CC(=O)Nc1ccc(C2=NN(Cc3ccccc3)C(=O)SC2)cc1. The molecule has 2 amide bonds. The molecular weight excluding hydrogens is 322 g/mol. The topological polar surface area (TPSA) is 61.8 Å². The van der Waals surface area contributed by atoms with Gasteiger partial charge in [-0.15, -0.1) is 0 Å². The predicted molar refractivity (Wildman–Crippen MR) is 97.1 cm³/mol. The number of hydrogen-bond donors (Lipinski definition) is 1. The summed E-state index contributed by atoms with van der Waals surface area (Å²) in [7, 11) is 0. The molecule has 0 unspecified atom stereocenters. The van der Waals surface area contributed by atoms with E-state index in [0.29, 0.717) is 12.3 Å². The second-order valence-corrected chi connectivity index (χ2v) is 6.33. The quantitative estimate of drug-likeness (QED) is 0.923. The minimum Gasteiger partial charge on any atom is -0.326 e. The first-order chi connectivity index (χ1) is 11.6. The maximum absolute atomic E-state index is 12.1. The van der Waals surface area contributed by atoms with E-state index < -0.39 is 0 Å². The average molecular weight is 339 g/mol. The standard InChI is InChI=1S/C18H17N3O2S/c1-13(22)19-16-9-7-15(8-10-16)17-12-24-18(23)21(20-17)11-14-5-3-2-4-6-14/h2-10H,11-12H2,1H3,(H,19,22). The normalized spacial score (nSPS) is 14.3. The van der Waals surface area contributed by atoms with Crippen molar-refractivity contribution in [2.45, 2.75) is 13.5 Å². The number of nitrogens with one attached hydrogen (secondary N) is 1. The number of amides is 2. The summed E-state index contributed by atoms with van der Waals surface area (Å²) in [5.74, 6) is 0.441. The van der Waals surface area contributed by atoms with Crippen molar-refractivity contribution >= 4 is 34.3 Å². The second-order valence-electron chi connectivity index (χ2n) is 5.40. The zero-order chi connectivity index (χ0) is 16.9. The Morgan fingerprint density at radius 2 is 1.88 bits per heavy atom. The van der Waals surface area contributed by atoms with E-state index in [1.54, 1.807) is 0 Å². The van der Waals surface area contributed by atoms with Gasteiger partial charge in [0.15, 0.2) is 0 Å². The summed E-state index contributed by atoms with van der Waals surface area (Å²) in [5.41, 5.74) is 3.58. The van der Waals surface area contributed by atoms with Crippen LogP contribution in [0.15, 0.2) is 59.7 Å². The van der Waals surface area contributed by atoms with Crippen molar-refractivity contribution in [3.05, 3.63) is 65.7 Å². The number of nitrogens with zero attached hydrogens (tertiary/aromatic N) is 2. The van der Waals surface area contributed by atoms with Crippen LogP contribution in [0.25, 0.3) is 0 Å². The minimum absolute atomic E-state index is 0.0440. The molecule has 0 radical (unpaired) electrons. The molecule has 3 rings (SSSR count). The Bertz CT molecular complexity index is 773. The molecule has 1 N–H and O–H groups in total. The number of carbonyl (C=O) groups excluding carboxylic acids is 2. The van der Waals surface area contributed by atoms with Gasteiger partial charge in [-0.2, -0.15) is 5.10 Å². The molecule has 1 aliphatic heterocycles. The minimum atomic E-state index is -0.104. The maximum atomic E-state index is 12.1. The number of rotatable bonds is 4. The maximum Gasteiger partial charge on any atom is 0.302 e. The number of thioether (sulfide) groups is 1. The fourth-order valence-electron chi connectivity index (χ4n) is 2.37. The van der Waals surface area contributed by atoms with Crippen LogP contribution in [0.3, 0.4) is 0 Å². The van der Waals surface area contributed by atoms with Crippen LogP contribution < -0.4 is 5.32 Å². The van der Waals surface area contributed by atoms with Crippen LogP contribution in [0.2, 0.25) is 0 Å². The predicted octanol–water partition coefficient (Wildman–Crippen LogP) is 3.72. The molecule has 5 nitrogen and oxygen atoms in total. The van der Waals surface area contributed by atoms with Crippen LogP contribution in [0.1, 0.15) is 18.1 Å². The van der Waals surface area contributed by atoms with E-state index in [1.807, 2.05) is 54.6 Å². The Kier molecular flexibility index (Phi) is 4.96. The molecule has 122 valence electrons. The molecule has 24 heavy (non-hydrogen) atoms. The number of benzene rings is 2. The van der Waals surface area contributed by atoms with E-state index in [1.165, 1.54) is 23.7 Å². The molecule has 0 spiro atoms. The molecular formula is C18H17N3O2S. The Labute approximate surface area is 144 Å². The molecule has 0 aliphatic carbocycles. The fraction of sp³-hybridized carbons (Fsp3) is 0.167. The summed E-state index contributed by atoms with van der Waals surface area (Å²) >= 11 is 1.25. The van der Waals surface area contributed by atoms with Gasteiger partial charge in [0.1, 0.15) is 0 Å². The smallest absolute Gasteiger partial charge is 0.302 e. The summed E-state index contributed by atoms with van der Waals surface area (Å²) in [4.78, 5) is 23.2. The van der Waals surface area contributed by atoms with Gasteiger partial charge in [-0.1, -0.05) is 54.2 Å². The summed E-state index contributed by atoms with van der Waals surface area (Å²) in [5, 5.41) is 8.70. The molecule has 6 heteroatoms. The van der Waals surface area contributed by atoms with Gasteiger partial charge < -0.3 is 5.32 Å². The number of anilines is 1. The summed E-state index contributed by atoms with van der Waals surface area (Å²) < 4.78 is 0.